The Hall–Kier alpha value is -3.54. The fraction of sp³-hybridized carbons (Fsp3) is 0.368. The molecule has 0 aliphatic carbocycles. The van der Waals surface area contributed by atoms with Crippen LogP contribution in [0.5, 0.6) is 11.5 Å². The van der Waals surface area contributed by atoms with E-state index in [4.69, 9.17) is 19.8 Å². The summed E-state index contributed by atoms with van der Waals surface area (Å²) >= 11 is 0. The maximum absolute atomic E-state index is 12.4. The Balaban J connectivity index is 1.53. The topological polar surface area (TPSA) is 118 Å². The molecule has 1 aromatic carbocycles. The third kappa shape index (κ3) is 4.23. The molecule has 9 nitrogen and oxygen atoms in total. The maximum Gasteiger partial charge on any atom is 0.338 e. The first kappa shape index (κ1) is 19.2. The van der Waals surface area contributed by atoms with Crippen molar-refractivity contribution >= 4 is 11.9 Å². The smallest absolute Gasteiger partial charge is 0.338 e. The van der Waals surface area contributed by atoms with E-state index >= 15 is 0 Å². The number of carbonyl (C=O) groups is 2. The molecule has 1 aromatic heterocycles. The molecule has 0 atom stereocenters. The zero-order valence-electron chi connectivity index (χ0n) is 15.4. The van der Waals surface area contributed by atoms with Crippen molar-refractivity contribution in [1.82, 2.24) is 14.7 Å². The lowest BCUT2D eigenvalue weighted by Crippen LogP contribution is -2.41. The quantitative estimate of drug-likeness (QED) is 0.805. The lowest BCUT2D eigenvalue weighted by Gasteiger charge is -2.32. The molecule has 1 N–H and O–H groups in total. The van der Waals surface area contributed by atoms with Crippen LogP contribution in [0.25, 0.3) is 0 Å². The third-order valence-corrected chi connectivity index (χ3v) is 4.68. The Morgan fingerprint density at radius 3 is 2.68 bits per heavy atom. The van der Waals surface area contributed by atoms with E-state index in [1.165, 1.54) is 19.5 Å². The van der Waals surface area contributed by atoms with E-state index in [-0.39, 0.29) is 24.1 Å². The van der Waals surface area contributed by atoms with Crippen LogP contribution < -0.4 is 9.47 Å². The van der Waals surface area contributed by atoms with Gasteiger partial charge < -0.3 is 19.5 Å². The van der Waals surface area contributed by atoms with Gasteiger partial charge in [-0.2, -0.15) is 10.4 Å². The van der Waals surface area contributed by atoms with E-state index in [0.717, 1.165) is 0 Å². The Bertz CT molecular complexity index is 909. The molecule has 28 heavy (non-hydrogen) atoms. The van der Waals surface area contributed by atoms with Crippen molar-refractivity contribution in [2.24, 2.45) is 0 Å². The lowest BCUT2D eigenvalue weighted by atomic mass is 10.1. The van der Waals surface area contributed by atoms with Crippen molar-refractivity contribution in [3.05, 3.63) is 41.7 Å². The average molecular weight is 384 g/mol. The summed E-state index contributed by atoms with van der Waals surface area (Å²) in [5.74, 6) is -0.341. The average Bonchev–Trinajstić information content (AvgIpc) is 3.22. The predicted octanol–water partition coefficient (Wildman–Crippen LogP) is 1.70. The second-order valence-electron chi connectivity index (χ2n) is 6.39. The van der Waals surface area contributed by atoms with Gasteiger partial charge in [-0.25, -0.2) is 4.79 Å². The number of likely N-dealkylation sites (tertiary alicyclic amines) is 1. The Labute approximate surface area is 161 Å². The number of hydrogen-bond acceptors (Lipinski definition) is 6. The highest BCUT2D eigenvalue weighted by Gasteiger charge is 2.25. The second kappa shape index (κ2) is 8.43. The number of nitriles is 1. The number of methoxy groups -OCH3 is 1. The van der Waals surface area contributed by atoms with Crippen LogP contribution in [0.2, 0.25) is 0 Å². The molecule has 1 saturated heterocycles. The molecular formula is C19H20N4O5. The summed E-state index contributed by atoms with van der Waals surface area (Å²) in [6.45, 7) is 0.955. The molecule has 0 radical (unpaired) electrons. The van der Waals surface area contributed by atoms with E-state index in [9.17, 15) is 9.59 Å². The first-order valence-corrected chi connectivity index (χ1v) is 8.78. The fourth-order valence-corrected chi connectivity index (χ4v) is 3.12. The van der Waals surface area contributed by atoms with Gasteiger partial charge in [0.05, 0.1) is 36.5 Å². The Kier molecular flexibility index (Phi) is 5.79. The molecule has 3 rings (SSSR count). The number of benzene rings is 1. The molecule has 1 amide bonds. The molecule has 1 aliphatic rings. The summed E-state index contributed by atoms with van der Waals surface area (Å²) in [7, 11) is 1.47. The monoisotopic (exact) mass is 384 g/mol. The number of carbonyl (C=O) groups excluding carboxylic acids is 1. The second-order valence-corrected chi connectivity index (χ2v) is 6.39. The fourth-order valence-electron chi connectivity index (χ4n) is 3.12. The third-order valence-electron chi connectivity index (χ3n) is 4.68. The van der Waals surface area contributed by atoms with E-state index in [0.29, 0.717) is 43.0 Å². The maximum atomic E-state index is 12.4. The molecule has 0 spiro atoms. The zero-order valence-corrected chi connectivity index (χ0v) is 15.4. The van der Waals surface area contributed by atoms with E-state index < -0.39 is 5.97 Å². The van der Waals surface area contributed by atoms with E-state index in [1.54, 1.807) is 27.8 Å². The van der Waals surface area contributed by atoms with Crippen LogP contribution in [0.15, 0.2) is 30.6 Å². The summed E-state index contributed by atoms with van der Waals surface area (Å²) in [6, 6.07) is 6.85. The molecule has 0 bridgehead atoms. The van der Waals surface area contributed by atoms with Crippen LogP contribution in [-0.2, 0) is 4.79 Å². The van der Waals surface area contributed by atoms with Gasteiger partial charge in [0.25, 0.3) is 5.91 Å². The number of amides is 1. The Morgan fingerprint density at radius 2 is 2.07 bits per heavy atom. The first-order chi connectivity index (χ1) is 13.5. The van der Waals surface area contributed by atoms with Gasteiger partial charge in [-0.15, -0.1) is 0 Å². The van der Waals surface area contributed by atoms with E-state index in [1.807, 2.05) is 6.07 Å². The number of ether oxygens (including phenoxy) is 2. The number of hydrogen-bond donors (Lipinski definition) is 1. The number of carboxylic acids is 1. The highest BCUT2D eigenvalue weighted by Crippen LogP contribution is 2.28. The molecule has 9 heteroatoms. The molecule has 1 fully saturated rings. The minimum absolute atomic E-state index is 0.0664. The van der Waals surface area contributed by atoms with Crippen molar-refractivity contribution in [3.63, 3.8) is 0 Å². The van der Waals surface area contributed by atoms with Crippen molar-refractivity contribution < 1.29 is 24.2 Å². The van der Waals surface area contributed by atoms with Crippen LogP contribution in [0.1, 0.15) is 34.8 Å². The summed E-state index contributed by atoms with van der Waals surface area (Å²) in [5.41, 5.74) is 0.602. The van der Waals surface area contributed by atoms with Gasteiger partial charge >= 0.3 is 5.97 Å². The van der Waals surface area contributed by atoms with Crippen molar-refractivity contribution in [2.45, 2.75) is 18.9 Å². The van der Waals surface area contributed by atoms with Gasteiger partial charge in [0, 0.05) is 25.4 Å². The molecule has 1 aliphatic heterocycles. The van der Waals surface area contributed by atoms with E-state index in [2.05, 4.69) is 5.10 Å². The minimum atomic E-state index is -1.01. The molecule has 0 saturated carbocycles. The zero-order chi connectivity index (χ0) is 20.1. The predicted molar refractivity (Wildman–Crippen MR) is 97.2 cm³/mol. The van der Waals surface area contributed by atoms with Crippen molar-refractivity contribution in [3.8, 4) is 17.6 Å². The van der Waals surface area contributed by atoms with Gasteiger partial charge in [0.15, 0.2) is 18.1 Å². The van der Waals surface area contributed by atoms with Crippen LogP contribution in [0, 0.1) is 11.3 Å². The SMILES string of the molecule is COc1cc(C#N)ccc1OCC(=O)N1CCC(n2cc(C(=O)O)cn2)CC1. The van der Waals surface area contributed by atoms with Crippen molar-refractivity contribution in [2.75, 3.05) is 26.8 Å². The number of nitrogens with zero attached hydrogens (tertiary/aromatic N) is 4. The summed E-state index contributed by atoms with van der Waals surface area (Å²) in [4.78, 5) is 25.1. The number of rotatable bonds is 6. The summed E-state index contributed by atoms with van der Waals surface area (Å²) in [5, 5.41) is 22.0. The molecule has 2 aromatic rings. The molecule has 2 heterocycles. The summed E-state index contributed by atoms with van der Waals surface area (Å²) < 4.78 is 12.4. The highest BCUT2D eigenvalue weighted by atomic mass is 16.5. The highest BCUT2D eigenvalue weighted by molar-refractivity contribution is 5.86. The molecule has 0 unspecified atom stereocenters. The number of piperidine rings is 1. The largest absolute Gasteiger partial charge is 0.493 e. The first-order valence-electron chi connectivity index (χ1n) is 8.78. The number of aromatic carboxylic acids is 1. The lowest BCUT2D eigenvalue weighted by molar-refractivity contribution is -0.134. The number of carboxylic acid groups (broad SMARTS) is 1. The standard InChI is InChI=1S/C19H20N4O5/c1-27-17-8-13(9-20)2-3-16(17)28-12-18(24)22-6-4-15(5-7-22)23-11-14(10-21-23)19(25)26/h2-3,8,10-11,15H,4-7,12H2,1H3,(H,25,26). The van der Waals surface area contributed by atoms with Crippen molar-refractivity contribution in [1.29, 1.82) is 5.26 Å². The van der Waals surface area contributed by atoms with Crippen LogP contribution in [0.4, 0.5) is 0 Å². The summed E-state index contributed by atoms with van der Waals surface area (Å²) in [6.07, 6.45) is 4.22. The van der Waals surface area contributed by atoms with Crippen LogP contribution >= 0.6 is 0 Å². The van der Waals surface area contributed by atoms with Gasteiger partial charge in [0.2, 0.25) is 0 Å². The minimum Gasteiger partial charge on any atom is -0.493 e. The Morgan fingerprint density at radius 1 is 1.32 bits per heavy atom. The van der Waals surface area contributed by atoms with Gasteiger partial charge in [0.1, 0.15) is 0 Å². The van der Waals surface area contributed by atoms with Gasteiger partial charge in [-0.05, 0) is 25.0 Å². The van der Waals surface area contributed by atoms with Gasteiger partial charge in [-0.3, -0.25) is 9.48 Å². The normalized spacial score (nSPS) is 14.4. The van der Waals surface area contributed by atoms with Crippen LogP contribution in [-0.4, -0.2) is 58.5 Å². The molecule has 146 valence electrons. The molecular weight excluding hydrogens is 364 g/mol. The van der Waals surface area contributed by atoms with Gasteiger partial charge in [-0.1, -0.05) is 0 Å². The number of aromatic nitrogens is 2. The van der Waals surface area contributed by atoms with Crippen LogP contribution in [0.3, 0.4) is 0 Å².